The number of hydrogen-bond acceptors (Lipinski definition) is 5. The largest absolute Gasteiger partial charge is 0.423 e. The smallest absolute Gasteiger partial charge is 0.339 e. The van der Waals surface area contributed by atoms with Crippen LogP contribution in [0.4, 0.5) is 0 Å². The number of rotatable bonds is 1. The van der Waals surface area contributed by atoms with E-state index in [-0.39, 0.29) is 11.5 Å². The summed E-state index contributed by atoms with van der Waals surface area (Å²) in [6.45, 7) is 5.61. The molecule has 3 fully saturated rings. The zero-order valence-corrected chi connectivity index (χ0v) is 11.3. The molecule has 0 aromatic heterocycles. The van der Waals surface area contributed by atoms with Crippen molar-refractivity contribution in [2.24, 2.45) is 23.2 Å². The van der Waals surface area contributed by atoms with E-state index in [9.17, 15) is 20.1 Å². The van der Waals surface area contributed by atoms with Crippen molar-refractivity contribution in [3.8, 4) is 0 Å². The molecule has 3 N–H and O–H groups in total. The standard InChI is InChI=1S/C15H18O5/c1-6-7-3-10(7)14(2)9(6)4-11-8(5-16)12(17)20-15(11,19)13(14)18/h7,9-10,13,16,18-19H,1,3-5H2,2H3/t7-,9+,10-,13+,14-,15+/m1/s1. The molecular formula is C15H18O5. The first-order valence-electron chi connectivity index (χ1n) is 7.01. The highest BCUT2D eigenvalue weighted by atomic mass is 16.7. The molecule has 20 heavy (non-hydrogen) atoms. The molecule has 0 aromatic carbocycles. The first-order valence-corrected chi connectivity index (χ1v) is 7.01. The Hall–Kier alpha value is -1.17. The van der Waals surface area contributed by atoms with Gasteiger partial charge in [-0.3, -0.25) is 0 Å². The fourth-order valence-corrected chi connectivity index (χ4v) is 4.83. The Morgan fingerprint density at radius 1 is 1.50 bits per heavy atom. The molecule has 0 bridgehead atoms. The van der Waals surface area contributed by atoms with Crippen LogP contribution in [-0.2, 0) is 9.53 Å². The van der Waals surface area contributed by atoms with E-state index in [2.05, 4.69) is 6.58 Å². The van der Waals surface area contributed by atoms with Crippen molar-refractivity contribution in [1.29, 1.82) is 0 Å². The maximum absolute atomic E-state index is 11.8. The number of carbonyl (C=O) groups is 1. The highest BCUT2D eigenvalue weighted by Gasteiger charge is 2.73. The first kappa shape index (κ1) is 12.6. The normalized spacial score (nSPS) is 52.6. The predicted molar refractivity (Wildman–Crippen MR) is 68.1 cm³/mol. The molecular weight excluding hydrogens is 260 g/mol. The molecule has 4 rings (SSSR count). The van der Waals surface area contributed by atoms with Gasteiger partial charge >= 0.3 is 5.97 Å². The minimum absolute atomic E-state index is 0.0348. The van der Waals surface area contributed by atoms with Crippen LogP contribution >= 0.6 is 0 Å². The second-order valence-electron chi connectivity index (χ2n) is 6.75. The van der Waals surface area contributed by atoms with Crippen LogP contribution in [-0.4, -0.2) is 39.8 Å². The number of aliphatic hydroxyl groups excluding tert-OH is 2. The van der Waals surface area contributed by atoms with Crippen molar-refractivity contribution >= 4 is 5.97 Å². The summed E-state index contributed by atoms with van der Waals surface area (Å²) >= 11 is 0. The number of hydrogen-bond donors (Lipinski definition) is 3. The first-order chi connectivity index (χ1) is 9.35. The Bertz CT molecular complexity index is 579. The Labute approximate surface area is 116 Å². The van der Waals surface area contributed by atoms with E-state index in [0.29, 0.717) is 23.8 Å². The van der Waals surface area contributed by atoms with Gasteiger partial charge in [0.15, 0.2) is 0 Å². The molecule has 0 saturated heterocycles. The van der Waals surface area contributed by atoms with Gasteiger partial charge in [-0.25, -0.2) is 4.79 Å². The number of aliphatic hydroxyl groups is 3. The highest BCUT2D eigenvalue weighted by molar-refractivity contribution is 5.93. The lowest BCUT2D eigenvalue weighted by molar-refractivity contribution is -0.256. The molecule has 4 aliphatic rings. The van der Waals surface area contributed by atoms with Gasteiger partial charge in [0.05, 0.1) is 12.2 Å². The lowest BCUT2D eigenvalue weighted by Gasteiger charge is -2.49. The van der Waals surface area contributed by atoms with Crippen molar-refractivity contribution in [1.82, 2.24) is 0 Å². The summed E-state index contributed by atoms with van der Waals surface area (Å²) in [5, 5.41) is 30.8. The van der Waals surface area contributed by atoms with Crippen LogP contribution in [0.5, 0.6) is 0 Å². The molecule has 0 amide bonds. The summed E-state index contributed by atoms with van der Waals surface area (Å²) in [7, 11) is 0. The number of ether oxygens (including phenoxy) is 1. The molecule has 0 aromatic rings. The molecule has 108 valence electrons. The van der Waals surface area contributed by atoms with Gasteiger partial charge in [-0.2, -0.15) is 0 Å². The van der Waals surface area contributed by atoms with Gasteiger partial charge in [0.1, 0.15) is 6.10 Å². The van der Waals surface area contributed by atoms with E-state index in [1.165, 1.54) is 0 Å². The molecule has 3 aliphatic carbocycles. The fourth-order valence-electron chi connectivity index (χ4n) is 4.83. The minimum Gasteiger partial charge on any atom is -0.423 e. The Balaban J connectivity index is 1.87. The van der Waals surface area contributed by atoms with Gasteiger partial charge in [0.2, 0.25) is 0 Å². The van der Waals surface area contributed by atoms with Crippen molar-refractivity contribution in [3.05, 3.63) is 23.3 Å². The highest BCUT2D eigenvalue weighted by Crippen LogP contribution is 2.73. The molecule has 5 nitrogen and oxygen atoms in total. The van der Waals surface area contributed by atoms with Crippen LogP contribution in [0.3, 0.4) is 0 Å². The number of esters is 1. The number of fused-ring (bicyclic) bond motifs is 4. The van der Waals surface area contributed by atoms with Crippen LogP contribution in [0.15, 0.2) is 23.3 Å². The SMILES string of the molecule is C=C1[C@H]2C[C@H]2[C@@]2(C)[C@H]1CC1=C(CO)C(=O)O[C@]1(O)[C@H]2O. The van der Waals surface area contributed by atoms with Crippen LogP contribution < -0.4 is 0 Å². The maximum atomic E-state index is 11.8. The average molecular weight is 278 g/mol. The molecule has 0 spiro atoms. The van der Waals surface area contributed by atoms with Gasteiger partial charge in [0.25, 0.3) is 5.79 Å². The lowest BCUT2D eigenvalue weighted by Crippen LogP contribution is -2.59. The summed E-state index contributed by atoms with van der Waals surface area (Å²) in [4.78, 5) is 11.8. The third kappa shape index (κ3) is 1.10. The lowest BCUT2D eigenvalue weighted by atomic mass is 9.60. The molecule has 3 saturated carbocycles. The zero-order valence-electron chi connectivity index (χ0n) is 11.3. The molecule has 0 unspecified atom stereocenters. The third-order valence-corrected chi connectivity index (χ3v) is 6.08. The van der Waals surface area contributed by atoms with E-state index in [1.54, 1.807) is 0 Å². The monoisotopic (exact) mass is 278 g/mol. The van der Waals surface area contributed by atoms with Crippen molar-refractivity contribution in [3.63, 3.8) is 0 Å². The summed E-state index contributed by atoms with van der Waals surface area (Å²) in [5.41, 5.74) is 1.01. The van der Waals surface area contributed by atoms with Gasteiger partial charge in [-0.1, -0.05) is 19.1 Å². The van der Waals surface area contributed by atoms with E-state index in [4.69, 9.17) is 4.74 Å². The Kier molecular flexibility index (Phi) is 2.10. The van der Waals surface area contributed by atoms with Crippen LogP contribution in [0.1, 0.15) is 19.8 Å². The third-order valence-electron chi connectivity index (χ3n) is 6.08. The van der Waals surface area contributed by atoms with Gasteiger partial charge in [-0.15, -0.1) is 0 Å². The zero-order chi connectivity index (χ0) is 14.4. The minimum atomic E-state index is -1.97. The maximum Gasteiger partial charge on any atom is 0.339 e. The Morgan fingerprint density at radius 2 is 2.20 bits per heavy atom. The Morgan fingerprint density at radius 3 is 2.85 bits per heavy atom. The van der Waals surface area contributed by atoms with Gasteiger partial charge in [-0.05, 0) is 30.6 Å². The van der Waals surface area contributed by atoms with Crippen molar-refractivity contribution < 1.29 is 24.9 Å². The van der Waals surface area contributed by atoms with E-state index < -0.39 is 29.9 Å². The second kappa shape index (κ2) is 3.35. The predicted octanol–water partition coefficient (Wildman–Crippen LogP) is 0.114. The fraction of sp³-hybridized carbons (Fsp3) is 0.667. The quantitative estimate of drug-likeness (QED) is 0.468. The van der Waals surface area contributed by atoms with Gasteiger partial charge < -0.3 is 20.1 Å². The molecule has 5 heteroatoms. The number of allylic oxidation sites excluding steroid dienone is 1. The summed E-state index contributed by atoms with van der Waals surface area (Å²) in [6.07, 6.45) is 0.238. The molecule has 1 aliphatic heterocycles. The topological polar surface area (TPSA) is 87.0 Å². The van der Waals surface area contributed by atoms with Gasteiger partial charge in [0, 0.05) is 11.0 Å². The van der Waals surface area contributed by atoms with E-state index in [1.807, 2.05) is 6.92 Å². The van der Waals surface area contributed by atoms with E-state index in [0.717, 1.165) is 12.0 Å². The summed E-state index contributed by atoms with van der Waals surface area (Å²) < 4.78 is 5.05. The van der Waals surface area contributed by atoms with Crippen molar-refractivity contribution in [2.45, 2.75) is 31.7 Å². The van der Waals surface area contributed by atoms with Crippen LogP contribution in [0, 0.1) is 23.2 Å². The molecule has 1 heterocycles. The van der Waals surface area contributed by atoms with Crippen molar-refractivity contribution in [2.75, 3.05) is 6.61 Å². The van der Waals surface area contributed by atoms with Crippen LogP contribution in [0.25, 0.3) is 0 Å². The second-order valence-corrected chi connectivity index (χ2v) is 6.75. The van der Waals surface area contributed by atoms with E-state index >= 15 is 0 Å². The molecule has 0 radical (unpaired) electrons. The average Bonchev–Trinajstić information content (AvgIpc) is 3.11. The summed E-state index contributed by atoms with van der Waals surface area (Å²) in [5.74, 6) is -1.95. The number of carbonyl (C=O) groups excluding carboxylic acids is 1. The molecule has 6 atom stereocenters. The van der Waals surface area contributed by atoms with Crippen LogP contribution in [0.2, 0.25) is 0 Å². The summed E-state index contributed by atoms with van der Waals surface area (Å²) in [6, 6.07) is 0.